The zero-order valence-electron chi connectivity index (χ0n) is 15.3. The van der Waals surface area contributed by atoms with E-state index in [4.69, 9.17) is 16.0 Å². The molecule has 0 radical (unpaired) electrons. The Balaban J connectivity index is 1.57. The molecule has 0 saturated carbocycles. The van der Waals surface area contributed by atoms with Gasteiger partial charge in [-0.05, 0) is 48.0 Å². The lowest BCUT2D eigenvalue weighted by molar-refractivity contribution is -0.122. The molecule has 2 aromatic carbocycles. The van der Waals surface area contributed by atoms with Crippen LogP contribution < -0.4 is 10.2 Å². The third kappa shape index (κ3) is 4.55. The second kappa shape index (κ2) is 8.59. The van der Waals surface area contributed by atoms with Crippen LogP contribution in [0.25, 0.3) is 6.08 Å². The molecule has 7 heteroatoms. The van der Waals surface area contributed by atoms with Crippen LogP contribution >= 0.6 is 23.4 Å². The predicted octanol–water partition coefficient (Wildman–Crippen LogP) is 4.73. The van der Waals surface area contributed by atoms with Crippen LogP contribution in [0.4, 0.5) is 5.69 Å². The van der Waals surface area contributed by atoms with Gasteiger partial charge in [0.1, 0.15) is 12.3 Å². The van der Waals surface area contributed by atoms with Crippen LogP contribution in [0, 0.1) is 0 Å². The molecule has 0 aliphatic carbocycles. The number of carbonyl (C=O) groups excluding carboxylic acids is 2. The number of carbonyl (C=O) groups is 2. The molecule has 0 saturated heterocycles. The van der Waals surface area contributed by atoms with Crippen molar-refractivity contribution in [2.24, 2.45) is 0 Å². The summed E-state index contributed by atoms with van der Waals surface area (Å²) in [4.78, 5) is 28.6. The summed E-state index contributed by atoms with van der Waals surface area (Å²) in [6.45, 7) is 0.201. The Morgan fingerprint density at radius 2 is 1.90 bits per heavy atom. The first-order chi connectivity index (χ1) is 14.1. The van der Waals surface area contributed by atoms with Gasteiger partial charge in [0.2, 0.25) is 5.91 Å². The Bertz CT molecular complexity index is 1060. The van der Waals surface area contributed by atoms with Crippen LogP contribution in [0.5, 0.6) is 0 Å². The van der Waals surface area contributed by atoms with Crippen molar-refractivity contribution in [2.75, 3.05) is 11.4 Å². The second-order valence-corrected chi connectivity index (χ2v) is 7.90. The van der Waals surface area contributed by atoms with Crippen molar-refractivity contribution < 1.29 is 14.0 Å². The number of halogens is 1. The molecule has 29 heavy (non-hydrogen) atoms. The fourth-order valence-electron chi connectivity index (χ4n) is 2.93. The summed E-state index contributed by atoms with van der Waals surface area (Å²) < 4.78 is 5.23. The van der Waals surface area contributed by atoms with Crippen molar-refractivity contribution >= 4 is 46.9 Å². The third-order valence-corrected chi connectivity index (χ3v) is 5.67. The largest absolute Gasteiger partial charge is 0.467 e. The molecule has 5 nitrogen and oxygen atoms in total. The van der Waals surface area contributed by atoms with E-state index in [2.05, 4.69) is 5.32 Å². The first-order valence-corrected chi connectivity index (χ1v) is 10.1. The van der Waals surface area contributed by atoms with Crippen molar-refractivity contribution in [1.82, 2.24) is 5.32 Å². The molecule has 0 fully saturated rings. The lowest BCUT2D eigenvalue weighted by Crippen LogP contribution is -2.42. The highest BCUT2D eigenvalue weighted by Gasteiger charge is 2.30. The first kappa shape index (κ1) is 19.4. The minimum atomic E-state index is -0.262. The molecule has 1 N–H and O–H groups in total. The number of anilines is 1. The fraction of sp³-hybridized carbons (Fsp3) is 0.0909. The number of nitrogens with zero attached hydrogens (tertiary/aromatic N) is 1. The van der Waals surface area contributed by atoms with Gasteiger partial charge >= 0.3 is 0 Å². The SMILES string of the molecule is O=C(CN1C(=O)/C(=C/c2ccc(Cl)cc2)Sc2ccccc21)NCc1ccco1. The maximum atomic E-state index is 13.1. The highest BCUT2D eigenvalue weighted by molar-refractivity contribution is 8.04. The molecule has 1 aromatic heterocycles. The number of hydrogen-bond donors (Lipinski definition) is 1. The Labute approximate surface area is 177 Å². The Hall–Kier alpha value is -2.96. The molecule has 1 aliphatic heterocycles. The third-order valence-electron chi connectivity index (χ3n) is 4.34. The van der Waals surface area contributed by atoms with Gasteiger partial charge in [0, 0.05) is 9.92 Å². The molecular weight excluding hydrogens is 408 g/mol. The van der Waals surface area contributed by atoms with Crippen LogP contribution in [0.3, 0.4) is 0 Å². The van der Waals surface area contributed by atoms with E-state index in [-0.39, 0.29) is 24.9 Å². The molecule has 4 rings (SSSR count). The van der Waals surface area contributed by atoms with Crippen molar-refractivity contribution in [3.8, 4) is 0 Å². The summed E-state index contributed by atoms with van der Waals surface area (Å²) in [7, 11) is 0. The van der Waals surface area contributed by atoms with Gasteiger partial charge < -0.3 is 9.73 Å². The molecule has 2 amide bonds. The Morgan fingerprint density at radius 1 is 1.10 bits per heavy atom. The number of benzene rings is 2. The van der Waals surface area contributed by atoms with Crippen LogP contribution in [0.2, 0.25) is 5.02 Å². The van der Waals surface area contributed by atoms with Crippen molar-refractivity contribution in [1.29, 1.82) is 0 Å². The average molecular weight is 425 g/mol. The number of hydrogen-bond acceptors (Lipinski definition) is 4. The van der Waals surface area contributed by atoms with Gasteiger partial charge in [-0.3, -0.25) is 14.5 Å². The van der Waals surface area contributed by atoms with Gasteiger partial charge in [0.25, 0.3) is 5.91 Å². The average Bonchev–Trinajstić information content (AvgIpc) is 3.25. The van der Waals surface area contributed by atoms with E-state index in [1.807, 2.05) is 42.5 Å². The summed E-state index contributed by atoms with van der Waals surface area (Å²) >= 11 is 7.34. The quantitative estimate of drug-likeness (QED) is 0.601. The molecule has 3 aromatic rings. The standard InChI is InChI=1S/C22H17ClN2O3S/c23-16-9-7-15(8-10-16)12-20-22(27)25(18-5-1-2-6-19(18)29-20)14-21(26)24-13-17-4-3-11-28-17/h1-12H,13-14H2,(H,24,26)/b20-12-. The second-order valence-electron chi connectivity index (χ2n) is 6.38. The summed E-state index contributed by atoms with van der Waals surface area (Å²) in [5.74, 6) is 0.182. The molecule has 0 unspecified atom stereocenters. The smallest absolute Gasteiger partial charge is 0.265 e. The summed E-state index contributed by atoms with van der Waals surface area (Å²) in [5.41, 5.74) is 1.59. The van der Waals surface area contributed by atoms with E-state index < -0.39 is 0 Å². The summed E-state index contributed by atoms with van der Waals surface area (Å²) in [6.07, 6.45) is 3.37. The number of para-hydroxylation sites is 1. The lowest BCUT2D eigenvalue weighted by atomic mass is 10.2. The maximum Gasteiger partial charge on any atom is 0.265 e. The molecule has 2 heterocycles. The van der Waals surface area contributed by atoms with Gasteiger partial charge in [-0.15, -0.1) is 0 Å². The number of amides is 2. The van der Waals surface area contributed by atoms with E-state index in [0.717, 1.165) is 16.1 Å². The number of nitrogens with one attached hydrogen (secondary N) is 1. The minimum absolute atomic E-state index is 0.0743. The van der Waals surface area contributed by atoms with Gasteiger partial charge in [-0.1, -0.05) is 47.6 Å². The molecular formula is C22H17ClN2O3S. The normalized spacial score (nSPS) is 14.7. The van der Waals surface area contributed by atoms with E-state index in [0.29, 0.717) is 15.7 Å². The summed E-state index contributed by atoms with van der Waals surface area (Å²) in [5, 5.41) is 3.42. The van der Waals surface area contributed by atoms with Crippen molar-refractivity contribution in [2.45, 2.75) is 11.4 Å². The molecule has 0 spiro atoms. The maximum absolute atomic E-state index is 13.1. The van der Waals surface area contributed by atoms with E-state index >= 15 is 0 Å². The highest BCUT2D eigenvalue weighted by Crippen LogP contribution is 2.41. The van der Waals surface area contributed by atoms with E-state index in [9.17, 15) is 9.59 Å². The molecule has 146 valence electrons. The fourth-order valence-corrected chi connectivity index (χ4v) is 4.11. The van der Waals surface area contributed by atoms with Crippen molar-refractivity contribution in [3.05, 3.63) is 88.2 Å². The predicted molar refractivity (Wildman–Crippen MR) is 115 cm³/mol. The van der Waals surface area contributed by atoms with Crippen LogP contribution in [-0.4, -0.2) is 18.4 Å². The molecule has 1 aliphatic rings. The Morgan fingerprint density at radius 3 is 2.66 bits per heavy atom. The van der Waals surface area contributed by atoms with E-state index in [1.165, 1.54) is 16.7 Å². The van der Waals surface area contributed by atoms with Crippen LogP contribution in [0.1, 0.15) is 11.3 Å². The topological polar surface area (TPSA) is 62.6 Å². The summed E-state index contributed by atoms with van der Waals surface area (Å²) in [6, 6.07) is 18.4. The number of thioether (sulfide) groups is 1. The molecule has 0 bridgehead atoms. The van der Waals surface area contributed by atoms with Gasteiger partial charge in [0.15, 0.2) is 0 Å². The lowest BCUT2D eigenvalue weighted by Gasteiger charge is -2.29. The zero-order valence-corrected chi connectivity index (χ0v) is 16.9. The van der Waals surface area contributed by atoms with E-state index in [1.54, 1.807) is 30.5 Å². The minimum Gasteiger partial charge on any atom is -0.467 e. The van der Waals surface area contributed by atoms with Crippen LogP contribution in [0.15, 0.2) is 81.1 Å². The van der Waals surface area contributed by atoms with Crippen LogP contribution in [-0.2, 0) is 16.1 Å². The highest BCUT2D eigenvalue weighted by atomic mass is 35.5. The first-order valence-electron chi connectivity index (χ1n) is 8.95. The molecule has 0 atom stereocenters. The monoisotopic (exact) mass is 424 g/mol. The van der Waals surface area contributed by atoms with Gasteiger partial charge in [0.05, 0.1) is 23.4 Å². The number of furan rings is 1. The number of fused-ring (bicyclic) bond motifs is 1. The zero-order chi connectivity index (χ0) is 20.2. The van der Waals surface area contributed by atoms with Gasteiger partial charge in [-0.2, -0.15) is 0 Å². The Kier molecular flexibility index (Phi) is 5.74. The number of rotatable bonds is 5. The van der Waals surface area contributed by atoms with Crippen molar-refractivity contribution in [3.63, 3.8) is 0 Å². The van der Waals surface area contributed by atoms with Gasteiger partial charge in [-0.25, -0.2) is 0 Å².